The number of anilines is 1. The van der Waals surface area contributed by atoms with E-state index in [1.165, 1.54) is 20.8 Å². The van der Waals surface area contributed by atoms with Crippen molar-refractivity contribution >= 4 is 69.1 Å². The van der Waals surface area contributed by atoms with Gasteiger partial charge in [-0.05, 0) is 0 Å². The van der Waals surface area contributed by atoms with Crippen molar-refractivity contribution < 1.29 is 80.5 Å². The number of aliphatic hydroxyl groups excluding tert-OH is 2. The second-order valence-corrected chi connectivity index (χ2v) is 16.9. The SMILES string of the molecule is C.CC(=O)SCCNC(=O)CCNC(=O)[C@H](O)C(C)(C)COP(=O)(O)OP(=O)(O)OC[C@H]1O[C@@H](n2cnc3c(N)ncnc32)[C@H](O)[C@@H]1OP(=O)(O)O. The lowest BCUT2D eigenvalue weighted by Crippen LogP contribution is -2.46. The van der Waals surface area contributed by atoms with Gasteiger partial charge in [-0.25, -0.2) is 28.6 Å². The van der Waals surface area contributed by atoms with Gasteiger partial charge >= 0.3 is 23.5 Å². The van der Waals surface area contributed by atoms with E-state index in [2.05, 4.69) is 34.4 Å². The predicted octanol–water partition coefficient (Wildman–Crippen LogP) is -0.679. The van der Waals surface area contributed by atoms with Crippen molar-refractivity contribution in [1.29, 1.82) is 0 Å². The summed E-state index contributed by atoms with van der Waals surface area (Å²) in [5.74, 6) is -1.08. The van der Waals surface area contributed by atoms with Crippen LogP contribution in [0.5, 0.6) is 0 Å². The number of nitrogens with one attached hydrogen (secondary N) is 2. The Bertz CT molecular complexity index is 1710. The molecule has 296 valence electrons. The number of thioether (sulfide) groups is 1. The van der Waals surface area contributed by atoms with Gasteiger partial charge in [-0.1, -0.05) is 33.0 Å². The number of fused-ring (bicyclic) bond motifs is 1. The second kappa shape index (κ2) is 18.7. The van der Waals surface area contributed by atoms with E-state index in [1.807, 2.05) is 0 Å². The first-order chi connectivity index (χ1) is 23.5. The number of carbonyl (C=O) groups excluding carboxylic acids is 3. The van der Waals surface area contributed by atoms with Gasteiger partial charge in [0.15, 0.2) is 22.8 Å². The first kappa shape index (κ1) is 45.7. The number of carbonyl (C=O) groups is 3. The predicted molar refractivity (Wildman–Crippen MR) is 180 cm³/mol. The van der Waals surface area contributed by atoms with Crippen molar-refractivity contribution in [2.75, 3.05) is 37.8 Å². The van der Waals surface area contributed by atoms with Crippen LogP contribution < -0.4 is 16.4 Å². The van der Waals surface area contributed by atoms with E-state index in [0.717, 1.165) is 29.0 Å². The Labute approximate surface area is 300 Å². The van der Waals surface area contributed by atoms with Crippen LogP contribution in [-0.2, 0) is 50.7 Å². The molecular formula is C24H42N7O17P3S. The second-order valence-electron chi connectivity index (χ2n) is 11.4. The number of nitrogens with two attached hydrogens (primary N) is 1. The van der Waals surface area contributed by atoms with Gasteiger partial charge in [0, 0.05) is 37.6 Å². The summed E-state index contributed by atoms with van der Waals surface area (Å²) >= 11 is 1.03. The third kappa shape index (κ3) is 13.4. The molecule has 2 unspecified atom stereocenters. The van der Waals surface area contributed by atoms with Crippen molar-refractivity contribution in [3.05, 3.63) is 12.7 Å². The van der Waals surface area contributed by atoms with Crippen LogP contribution in [0.2, 0.25) is 0 Å². The minimum Gasteiger partial charge on any atom is -0.386 e. The minimum absolute atomic E-state index is 0. The number of phosphoric ester groups is 3. The average Bonchev–Trinajstić information content (AvgIpc) is 3.57. The molecule has 2 aromatic rings. The van der Waals surface area contributed by atoms with Crippen LogP contribution in [0, 0.1) is 5.41 Å². The molecule has 7 atom stereocenters. The van der Waals surface area contributed by atoms with Crippen molar-refractivity contribution in [1.82, 2.24) is 30.2 Å². The fourth-order valence-electron chi connectivity index (χ4n) is 4.32. The lowest BCUT2D eigenvalue weighted by atomic mass is 9.87. The number of aromatic nitrogens is 4. The first-order valence-electron chi connectivity index (χ1n) is 14.5. The Hall–Kier alpha value is -2.44. The topological polar surface area (TPSA) is 364 Å². The smallest absolute Gasteiger partial charge is 0.386 e. The highest BCUT2D eigenvalue weighted by atomic mass is 32.2. The number of imidazole rings is 1. The van der Waals surface area contributed by atoms with Crippen LogP contribution in [-0.4, -0.2) is 123 Å². The molecule has 3 rings (SSSR count). The molecule has 0 aliphatic carbocycles. The quantitative estimate of drug-likeness (QED) is 0.0626. The van der Waals surface area contributed by atoms with E-state index >= 15 is 0 Å². The van der Waals surface area contributed by atoms with Crippen LogP contribution in [0.1, 0.15) is 40.8 Å². The molecule has 1 aliphatic heterocycles. The summed E-state index contributed by atoms with van der Waals surface area (Å²) in [5, 5.41) is 26.1. The van der Waals surface area contributed by atoms with Crippen molar-refractivity contribution in [2.24, 2.45) is 5.41 Å². The Morgan fingerprint density at radius 3 is 2.37 bits per heavy atom. The molecular weight excluding hydrogens is 783 g/mol. The molecule has 52 heavy (non-hydrogen) atoms. The molecule has 0 spiro atoms. The highest BCUT2D eigenvalue weighted by Gasteiger charge is 2.50. The number of aliphatic hydroxyl groups is 2. The Morgan fingerprint density at radius 2 is 1.73 bits per heavy atom. The zero-order valence-corrected chi connectivity index (χ0v) is 30.6. The Balaban J connectivity index is 0.00000936. The third-order valence-electron chi connectivity index (χ3n) is 6.81. The van der Waals surface area contributed by atoms with Gasteiger partial charge < -0.3 is 50.9 Å². The number of nitrogens with zero attached hydrogens (tertiary/aromatic N) is 4. The van der Waals surface area contributed by atoms with Crippen molar-refractivity contribution in [3.63, 3.8) is 0 Å². The third-order valence-corrected chi connectivity index (χ3v) is 10.7. The standard InChI is InChI=1S/C23H38N7O17P3S.CH4/c1-12(31)51-7-6-25-14(32)4-5-26-21(35)18(34)23(2,3)9-44-50(41,42)47-49(39,40)43-8-13-17(46-48(36,37)38)16(33)22(45-13)30-11-29-15-19(24)27-10-28-20(15)30;/h10-11,13,16-18,22,33-34H,4-9H2,1-3H3,(H,25,32)(H,26,35)(H,39,40)(H,41,42)(H2,24,27,28)(H2,36,37,38);1H4/t13-,16-,17-,18+,22-;/m1./s1. The van der Waals surface area contributed by atoms with Crippen LogP contribution >= 0.6 is 35.2 Å². The zero-order chi connectivity index (χ0) is 38.4. The summed E-state index contributed by atoms with van der Waals surface area (Å²) in [5.41, 5.74) is 4.26. The van der Waals surface area contributed by atoms with E-state index in [4.69, 9.17) is 19.5 Å². The number of hydrogen-bond donors (Lipinski definition) is 9. The van der Waals surface area contributed by atoms with Crippen LogP contribution in [0.15, 0.2) is 12.7 Å². The van der Waals surface area contributed by atoms with Gasteiger partial charge in [0.1, 0.15) is 36.3 Å². The largest absolute Gasteiger partial charge is 0.481 e. The number of nitrogen functional groups attached to an aromatic ring is 1. The summed E-state index contributed by atoms with van der Waals surface area (Å²) in [4.78, 5) is 85.9. The summed E-state index contributed by atoms with van der Waals surface area (Å²) in [6.07, 6.45) is -6.88. The van der Waals surface area contributed by atoms with E-state index in [0.29, 0.717) is 5.75 Å². The van der Waals surface area contributed by atoms with Gasteiger partial charge in [0.05, 0.1) is 19.5 Å². The van der Waals surface area contributed by atoms with Crippen molar-refractivity contribution in [3.8, 4) is 0 Å². The lowest BCUT2D eigenvalue weighted by molar-refractivity contribution is -0.137. The average molecular weight is 826 g/mol. The van der Waals surface area contributed by atoms with E-state index in [1.54, 1.807) is 0 Å². The summed E-state index contributed by atoms with van der Waals surface area (Å²) in [6, 6.07) is 0. The molecule has 2 aromatic heterocycles. The zero-order valence-electron chi connectivity index (χ0n) is 27.1. The fraction of sp³-hybridized carbons (Fsp3) is 0.667. The highest BCUT2D eigenvalue weighted by Crippen LogP contribution is 2.61. The number of hydrogen-bond acceptors (Lipinski definition) is 18. The molecule has 0 bridgehead atoms. The molecule has 3 heterocycles. The maximum Gasteiger partial charge on any atom is 0.481 e. The van der Waals surface area contributed by atoms with E-state index < -0.39 is 84.6 Å². The molecule has 28 heteroatoms. The van der Waals surface area contributed by atoms with Crippen LogP contribution in [0.25, 0.3) is 11.2 Å². The molecule has 2 amide bonds. The van der Waals surface area contributed by atoms with Gasteiger partial charge in [-0.2, -0.15) is 4.31 Å². The fourth-order valence-corrected chi connectivity index (χ4v) is 7.65. The summed E-state index contributed by atoms with van der Waals surface area (Å²) in [7, 11) is -16.4. The van der Waals surface area contributed by atoms with Gasteiger partial charge in [-0.3, -0.25) is 32.5 Å². The molecule has 24 nitrogen and oxygen atoms in total. The minimum atomic E-state index is -5.56. The maximum absolute atomic E-state index is 12.6. The number of amides is 2. The monoisotopic (exact) mass is 825 g/mol. The molecule has 1 aliphatic rings. The molecule has 10 N–H and O–H groups in total. The highest BCUT2D eigenvalue weighted by molar-refractivity contribution is 8.13. The van der Waals surface area contributed by atoms with Crippen LogP contribution in [0.4, 0.5) is 5.82 Å². The number of ether oxygens (including phenoxy) is 1. The van der Waals surface area contributed by atoms with Crippen molar-refractivity contribution in [2.45, 2.75) is 65.3 Å². The Kier molecular flexibility index (Phi) is 16.5. The molecule has 0 radical (unpaired) electrons. The summed E-state index contributed by atoms with van der Waals surface area (Å²) in [6.45, 7) is 1.90. The molecule has 1 saturated heterocycles. The number of phosphoric acid groups is 3. The Morgan fingerprint density at radius 1 is 1.08 bits per heavy atom. The number of rotatable bonds is 19. The summed E-state index contributed by atoms with van der Waals surface area (Å²) < 4.78 is 61.8. The normalized spacial score (nSPS) is 22.2. The van der Waals surface area contributed by atoms with E-state index in [-0.39, 0.29) is 49.0 Å². The van der Waals surface area contributed by atoms with Gasteiger partial charge in [-0.15, -0.1) is 0 Å². The maximum atomic E-state index is 12.6. The molecule has 1 fully saturated rings. The molecule has 0 saturated carbocycles. The van der Waals surface area contributed by atoms with E-state index in [9.17, 15) is 57.9 Å². The van der Waals surface area contributed by atoms with Gasteiger partial charge in [0.2, 0.25) is 11.8 Å². The van der Waals surface area contributed by atoms with Gasteiger partial charge in [0.25, 0.3) is 0 Å². The first-order valence-corrected chi connectivity index (χ1v) is 20.0. The lowest BCUT2D eigenvalue weighted by Gasteiger charge is -2.30. The van der Waals surface area contributed by atoms with Crippen LogP contribution in [0.3, 0.4) is 0 Å². The molecule has 0 aromatic carbocycles.